The highest BCUT2D eigenvalue weighted by molar-refractivity contribution is 5.91. The van der Waals surface area contributed by atoms with Gasteiger partial charge in [0.2, 0.25) is 5.91 Å². The fourth-order valence-electron chi connectivity index (χ4n) is 2.98. The second kappa shape index (κ2) is 7.25. The van der Waals surface area contributed by atoms with Gasteiger partial charge in [-0.2, -0.15) is 5.10 Å². The third-order valence-corrected chi connectivity index (χ3v) is 4.26. The average molecular weight is 344 g/mol. The molecule has 1 aromatic heterocycles. The third-order valence-electron chi connectivity index (χ3n) is 4.26. The van der Waals surface area contributed by atoms with Crippen molar-refractivity contribution >= 4 is 11.7 Å². The van der Waals surface area contributed by atoms with E-state index in [4.69, 9.17) is 4.74 Å². The molecule has 2 aromatic rings. The smallest absolute Gasteiger partial charge is 0.239 e. The number of likely N-dealkylation sites (tertiary alicyclic amines) is 1. The molecule has 1 aromatic carbocycles. The van der Waals surface area contributed by atoms with Crippen molar-refractivity contribution in [2.45, 2.75) is 18.9 Å². The Morgan fingerprint density at radius 1 is 1.44 bits per heavy atom. The van der Waals surface area contributed by atoms with Crippen LogP contribution in [0.1, 0.15) is 12.0 Å². The first-order valence-corrected chi connectivity index (χ1v) is 8.36. The summed E-state index contributed by atoms with van der Waals surface area (Å²) < 4.78 is 7.37. The van der Waals surface area contributed by atoms with E-state index in [1.165, 1.54) is 0 Å². The molecule has 134 valence electrons. The van der Waals surface area contributed by atoms with Crippen LogP contribution in [0.3, 0.4) is 0 Å². The summed E-state index contributed by atoms with van der Waals surface area (Å²) in [4.78, 5) is 14.0. The normalized spacial score (nSPS) is 20.6. The summed E-state index contributed by atoms with van der Waals surface area (Å²) in [5.41, 5.74) is 0.179. The molecule has 0 aliphatic carbocycles. The highest BCUT2D eigenvalue weighted by Gasteiger charge is 2.37. The summed E-state index contributed by atoms with van der Waals surface area (Å²) in [5, 5.41) is 17.6. The molecule has 0 saturated carbocycles. The van der Waals surface area contributed by atoms with Crippen LogP contribution in [0.2, 0.25) is 0 Å². The molecule has 7 heteroatoms. The molecule has 1 saturated heterocycles. The molecule has 1 atom stereocenters. The molecule has 25 heavy (non-hydrogen) atoms. The number of hydrogen-bond donors (Lipinski definition) is 2. The Balaban J connectivity index is 1.47. The lowest BCUT2D eigenvalue weighted by atomic mass is 10.1. The van der Waals surface area contributed by atoms with E-state index in [-0.39, 0.29) is 19.1 Å². The zero-order valence-corrected chi connectivity index (χ0v) is 14.6. The van der Waals surface area contributed by atoms with Crippen molar-refractivity contribution in [3.63, 3.8) is 0 Å². The summed E-state index contributed by atoms with van der Waals surface area (Å²) >= 11 is 0. The van der Waals surface area contributed by atoms with E-state index in [0.717, 1.165) is 11.3 Å². The number of aliphatic hydroxyl groups is 1. The molecule has 1 aliphatic heterocycles. The predicted molar refractivity (Wildman–Crippen MR) is 94.5 cm³/mol. The van der Waals surface area contributed by atoms with Crippen molar-refractivity contribution in [3.8, 4) is 5.75 Å². The molecule has 3 rings (SSSR count). The fourth-order valence-corrected chi connectivity index (χ4v) is 2.98. The Labute approximate surface area is 147 Å². The molecular formula is C18H24N4O3. The second-order valence-electron chi connectivity index (χ2n) is 6.71. The minimum absolute atomic E-state index is 0.137. The molecule has 7 nitrogen and oxygen atoms in total. The maximum atomic E-state index is 12.1. The number of anilines is 1. The van der Waals surface area contributed by atoms with Gasteiger partial charge in [-0.25, -0.2) is 0 Å². The summed E-state index contributed by atoms with van der Waals surface area (Å²) in [5.74, 6) is 1.15. The molecule has 0 bridgehead atoms. The SMILES string of the molecule is Cc1cccc(OC[C@@]2(O)CCN(CC(=O)Nc3ccn(C)n3)C2)c1. The lowest BCUT2D eigenvalue weighted by Gasteiger charge is -2.23. The summed E-state index contributed by atoms with van der Waals surface area (Å²) in [6, 6.07) is 9.49. The van der Waals surface area contributed by atoms with Crippen molar-refractivity contribution in [2.24, 2.45) is 7.05 Å². The summed E-state index contributed by atoms with van der Waals surface area (Å²) in [7, 11) is 1.80. The van der Waals surface area contributed by atoms with Crippen molar-refractivity contribution in [2.75, 3.05) is 31.6 Å². The molecule has 1 fully saturated rings. The number of ether oxygens (including phenoxy) is 1. The summed E-state index contributed by atoms with van der Waals surface area (Å²) in [6.45, 7) is 3.51. The maximum absolute atomic E-state index is 12.1. The molecule has 1 amide bonds. The quantitative estimate of drug-likeness (QED) is 0.823. The van der Waals surface area contributed by atoms with Crippen LogP contribution in [-0.2, 0) is 11.8 Å². The van der Waals surface area contributed by atoms with E-state index in [2.05, 4.69) is 10.4 Å². The van der Waals surface area contributed by atoms with Crippen molar-refractivity contribution in [3.05, 3.63) is 42.1 Å². The molecule has 0 spiro atoms. The van der Waals surface area contributed by atoms with E-state index >= 15 is 0 Å². The number of carbonyl (C=O) groups is 1. The van der Waals surface area contributed by atoms with Gasteiger partial charge in [-0.15, -0.1) is 0 Å². The van der Waals surface area contributed by atoms with Crippen LogP contribution in [0.4, 0.5) is 5.82 Å². The van der Waals surface area contributed by atoms with E-state index in [9.17, 15) is 9.90 Å². The van der Waals surface area contributed by atoms with Gasteiger partial charge in [-0.3, -0.25) is 14.4 Å². The Morgan fingerprint density at radius 3 is 3.00 bits per heavy atom. The monoisotopic (exact) mass is 344 g/mol. The first-order chi connectivity index (χ1) is 11.9. The number of β-amino-alcohol motifs (C(OH)–C–C–N with tert-alkyl or cyclic N) is 1. The lowest BCUT2D eigenvalue weighted by Crippen LogP contribution is -2.41. The van der Waals surface area contributed by atoms with Gasteiger partial charge in [-0.1, -0.05) is 12.1 Å². The predicted octanol–water partition coefficient (Wildman–Crippen LogP) is 1.18. The highest BCUT2D eigenvalue weighted by Crippen LogP contribution is 2.23. The number of rotatable bonds is 6. The van der Waals surface area contributed by atoms with E-state index in [0.29, 0.717) is 25.3 Å². The van der Waals surface area contributed by atoms with Crippen molar-refractivity contribution in [1.82, 2.24) is 14.7 Å². The molecule has 2 N–H and O–H groups in total. The zero-order chi connectivity index (χ0) is 17.9. The largest absolute Gasteiger partial charge is 0.491 e. The number of nitrogens with zero attached hydrogens (tertiary/aromatic N) is 3. The minimum atomic E-state index is -0.935. The van der Waals surface area contributed by atoms with Gasteiger partial charge in [0.05, 0.1) is 6.54 Å². The van der Waals surface area contributed by atoms with E-state index in [1.54, 1.807) is 24.0 Å². The number of hydrogen-bond acceptors (Lipinski definition) is 5. The van der Waals surface area contributed by atoms with E-state index in [1.807, 2.05) is 36.1 Å². The standard InChI is InChI=1S/C18H24N4O3/c1-14-4-3-5-15(10-14)25-13-18(24)7-9-22(12-18)11-17(23)19-16-6-8-21(2)20-16/h3-6,8,10,24H,7,9,11-13H2,1-2H3,(H,19,20,23)/t18-/m1/s1. The average Bonchev–Trinajstić information content (AvgIpc) is 3.12. The molecule has 0 unspecified atom stereocenters. The maximum Gasteiger partial charge on any atom is 0.239 e. The number of benzene rings is 1. The fraction of sp³-hybridized carbons (Fsp3) is 0.444. The number of carbonyl (C=O) groups excluding carboxylic acids is 1. The Hall–Kier alpha value is -2.38. The van der Waals surface area contributed by atoms with Gasteiger partial charge in [0.1, 0.15) is 18.0 Å². The van der Waals surface area contributed by atoms with Crippen molar-refractivity contribution in [1.29, 1.82) is 0 Å². The zero-order valence-electron chi connectivity index (χ0n) is 14.6. The Bertz CT molecular complexity index is 745. The van der Waals surface area contributed by atoms with Gasteiger partial charge in [0.15, 0.2) is 5.82 Å². The first kappa shape index (κ1) is 17.4. The van der Waals surface area contributed by atoms with Crippen LogP contribution in [-0.4, -0.2) is 57.5 Å². The topological polar surface area (TPSA) is 79.6 Å². The van der Waals surface area contributed by atoms with Crippen LogP contribution in [0.15, 0.2) is 36.5 Å². The van der Waals surface area contributed by atoms with Crippen LogP contribution in [0, 0.1) is 6.92 Å². The van der Waals surface area contributed by atoms with Gasteiger partial charge in [0.25, 0.3) is 0 Å². The molecular weight excluding hydrogens is 320 g/mol. The van der Waals surface area contributed by atoms with Crippen LogP contribution < -0.4 is 10.1 Å². The molecule has 2 heterocycles. The highest BCUT2D eigenvalue weighted by atomic mass is 16.5. The minimum Gasteiger partial charge on any atom is -0.491 e. The van der Waals surface area contributed by atoms with Crippen LogP contribution in [0.25, 0.3) is 0 Å². The van der Waals surface area contributed by atoms with Crippen molar-refractivity contribution < 1.29 is 14.6 Å². The second-order valence-corrected chi connectivity index (χ2v) is 6.71. The first-order valence-electron chi connectivity index (χ1n) is 8.36. The number of aryl methyl sites for hydroxylation is 2. The van der Waals surface area contributed by atoms with E-state index < -0.39 is 5.60 Å². The molecule has 0 radical (unpaired) electrons. The van der Waals surface area contributed by atoms with Gasteiger partial charge >= 0.3 is 0 Å². The van der Waals surface area contributed by atoms with Gasteiger partial charge < -0.3 is 15.2 Å². The number of amides is 1. The summed E-state index contributed by atoms with van der Waals surface area (Å²) in [6.07, 6.45) is 2.35. The Morgan fingerprint density at radius 2 is 2.28 bits per heavy atom. The number of nitrogens with one attached hydrogen (secondary N) is 1. The number of aromatic nitrogens is 2. The lowest BCUT2D eigenvalue weighted by molar-refractivity contribution is -0.117. The van der Waals surface area contributed by atoms with Gasteiger partial charge in [-0.05, 0) is 31.0 Å². The molecule has 1 aliphatic rings. The van der Waals surface area contributed by atoms with Crippen LogP contribution in [0.5, 0.6) is 5.75 Å². The Kier molecular flexibility index (Phi) is 5.06. The van der Waals surface area contributed by atoms with Gasteiger partial charge in [0, 0.05) is 32.4 Å². The van der Waals surface area contributed by atoms with Crippen LogP contribution >= 0.6 is 0 Å². The third kappa shape index (κ3) is 4.80.